The molecule has 4 heteroatoms. The molecular formula is C15H29N3O. The van der Waals surface area contributed by atoms with E-state index in [2.05, 4.69) is 43.1 Å². The second-order valence-corrected chi connectivity index (χ2v) is 6.87. The zero-order valence-corrected chi connectivity index (χ0v) is 13.1. The summed E-state index contributed by atoms with van der Waals surface area (Å²) >= 11 is 0. The Morgan fingerprint density at radius 2 is 1.95 bits per heavy atom. The van der Waals surface area contributed by atoms with E-state index < -0.39 is 0 Å². The Morgan fingerprint density at radius 1 is 1.37 bits per heavy atom. The normalized spacial score (nSPS) is 30.9. The maximum absolute atomic E-state index is 12.4. The zero-order valence-electron chi connectivity index (χ0n) is 13.1. The lowest BCUT2D eigenvalue weighted by atomic mass is 9.94. The van der Waals surface area contributed by atoms with Crippen LogP contribution in [-0.2, 0) is 4.79 Å². The van der Waals surface area contributed by atoms with Crippen molar-refractivity contribution in [3.63, 3.8) is 0 Å². The third-order valence-electron chi connectivity index (χ3n) is 4.99. The fourth-order valence-corrected chi connectivity index (χ4v) is 3.63. The van der Waals surface area contributed by atoms with Crippen LogP contribution in [0.4, 0.5) is 0 Å². The topological polar surface area (TPSA) is 35.6 Å². The monoisotopic (exact) mass is 267 g/mol. The average molecular weight is 267 g/mol. The lowest BCUT2D eigenvalue weighted by Crippen LogP contribution is -2.54. The fourth-order valence-electron chi connectivity index (χ4n) is 3.63. The summed E-state index contributed by atoms with van der Waals surface area (Å²) in [5.41, 5.74) is 0.189. The molecule has 1 saturated carbocycles. The van der Waals surface area contributed by atoms with Crippen LogP contribution in [0, 0.1) is 5.92 Å². The molecule has 2 fully saturated rings. The van der Waals surface area contributed by atoms with Crippen molar-refractivity contribution in [1.82, 2.24) is 15.1 Å². The van der Waals surface area contributed by atoms with E-state index in [1.807, 2.05) is 6.92 Å². The van der Waals surface area contributed by atoms with E-state index in [1.165, 1.54) is 25.7 Å². The molecular weight excluding hydrogens is 238 g/mol. The summed E-state index contributed by atoms with van der Waals surface area (Å²) in [4.78, 5) is 16.9. The molecule has 4 nitrogen and oxygen atoms in total. The van der Waals surface area contributed by atoms with Gasteiger partial charge in [-0.25, -0.2) is 0 Å². The number of rotatable bonds is 4. The van der Waals surface area contributed by atoms with Crippen LogP contribution in [0.1, 0.15) is 46.5 Å². The van der Waals surface area contributed by atoms with Crippen molar-refractivity contribution in [2.24, 2.45) is 5.92 Å². The molecule has 1 heterocycles. The highest BCUT2D eigenvalue weighted by molar-refractivity contribution is 5.84. The first kappa shape index (κ1) is 14.8. The summed E-state index contributed by atoms with van der Waals surface area (Å²) in [5.74, 6) is 0.723. The third-order valence-corrected chi connectivity index (χ3v) is 4.99. The van der Waals surface area contributed by atoms with Crippen LogP contribution in [0.2, 0.25) is 0 Å². The largest absolute Gasteiger partial charge is 0.324 e. The Morgan fingerprint density at radius 3 is 2.42 bits per heavy atom. The number of amides is 1. The summed E-state index contributed by atoms with van der Waals surface area (Å²) in [6, 6.07) is -0.0342. The van der Waals surface area contributed by atoms with E-state index in [4.69, 9.17) is 0 Å². The molecule has 110 valence electrons. The Balaban J connectivity index is 2.17. The fraction of sp³-hybridized carbons (Fsp3) is 0.933. The highest BCUT2D eigenvalue weighted by atomic mass is 16.2. The molecule has 1 aliphatic carbocycles. The van der Waals surface area contributed by atoms with Crippen molar-refractivity contribution >= 4 is 5.91 Å². The summed E-state index contributed by atoms with van der Waals surface area (Å²) in [7, 11) is 4.32. The van der Waals surface area contributed by atoms with E-state index in [-0.39, 0.29) is 23.7 Å². The molecule has 2 unspecified atom stereocenters. The van der Waals surface area contributed by atoms with Crippen LogP contribution < -0.4 is 5.32 Å². The molecule has 1 aliphatic heterocycles. The van der Waals surface area contributed by atoms with E-state index >= 15 is 0 Å². The lowest BCUT2D eigenvalue weighted by molar-refractivity contribution is -0.132. The lowest BCUT2D eigenvalue weighted by Gasteiger charge is -2.41. The standard InChI is InChI=1S/C15H29N3O/c1-11(2)13-16-12(3)14(19)18(13)10-15(17(4)5)8-6-7-9-15/h11-13,16H,6-10H2,1-5H3. The van der Waals surface area contributed by atoms with Crippen molar-refractivity contribution in [3.05, 3.63) is 0 Å². The van der Waals surface area contributed by atoms with E-state index in [0.717, 1.165) is 6.54 Å². The maximum Gasteiger partial charge on any atom is 0.240 e. The summed E-state index contributed by atoms with van der Waals surface area (Å²) < 4.78 is 0. The van der Waals surface area contributed by atoms with E-state index in [0.29, 0.717) is 5.92 Å². The number of hydrogen-bond acceptors (Lipinski definition) is 3. The second kappa shape index (κ2) is 5.41. The van der Waals surface area contributed by atoms with Crippen molar-refractivity contribution in [2.45, 2.75) is 64.2 Å². The van der Waals surface area contributed by atoms with Gasteiger partial charge < -0.3 is 9.80 Å². The van der Waals surface area contributed by atoms with Gasteiger partial charge in [-0.3, -0.25) is 10.1 Å². The summed E-state index contributed by atoms with van der Waals surface area (Å²) in [6.45, 7) is 7.23. The molecule has 0 aromatic carbocycles. The van der Waals surface area contributed by atoms with Crippen LogP contribution >= 0.6 is 0 Å². The Kier molecular flexibility index (Phi) is 4.21. The molecule has 0 bridgehead atoms. The van der Waals surface area contributed by atoms with Gasteiger partial charge in [-0.1, -0.05) is 26.7 Å². The van der Waals surface area contributed by atoms with Crippen LogP contribution in [0.15, 0.2) is 0 Å². The minimum absolute atomic E-state index is 0.0342. The van der Waals surface area contributed by atoms with Gasteiger partial charge in [0.05, 0.1) is 12.2 Å². The SMILES string of the molecule is CC1NC(C(C)C)N(CC2(N(C)C)CCCC2)C1=O. The first-order chi connectivity index (χ1) is 8.87. The van der Waals surface area contributed by atoms with Gasteiger partial charge in [0.15, 0.2) is 0 Å². The van der Waals surface area contributed by atoms with Gasteiger partial charge in [0.2, 0.25) is 5.91 Å². The number of likely N-dealkylation sites (N-methyl/N-ethyl adjacent to an activating group) is 1. The molecule has 0 aromatic rings. The smallest absolute Gasteiger partial charge is 0.240 e. The minimum Gasteiger partial charge on any atom is -0.324 e. The van der Waals surface area contributed by atoms with Crippen molar-refractivity contribution in [1.29, 1.82) is 0 Å². The van der Waals surface area contributed by atoms with Crippen molar-refractivity contribution in [2.75, 3.05) is 20.6 Å². The molecule has 0 aromatic heterocycles. The second-order valence-electron chi connectivity index (χ2n) is 6.87. The Labute approximate surface area is 117 Å². The van der Waals surface area contributed by atoms with Gasteiger partial charge in [0.1, 0.15) is 0 Å². The first-order valence-corrected chi connectivity index (χ1v) is 7.61. The molecule has 2 rings (SSSR count). The molecule has 0 radical (unpaired) electrons. The predicted molar refractivity (Wildman–Crippen MR) is 77.8 cm³/mol. The predicted octanol–water partition coefficient (Wildman–Crippen LogP) is 1.66. The maximum atomic E-state index is 12.4. The molecule has 1 amide bonds. The van der Waals surface area contributed by atoms with Gasteiger partial charge in [-0.15, -0.1) is 0 Å². The van der Waals surface area contributed by atoms with Gasteiger partial charge >= 0.3 is 0 Å². The third kappa shape index (κ3) is 2.65. The molecule has 2 atom stereocenters. The molecule has 2 aliphatic rings. The molecule has 1 saturated heterocycles. The highest BCUT2D eigenvalue weighted by Gasteiger charge is 2.45. The number of carbonyl (C=O) groups excluding carboxylic acids is 1. The number of nitrogens with zero attached hydrogens (tertiary/aromatic N) is 2. The van der Waals surface area contributed by atoms with Gasteiger partial charge in [-0.05, 0) is 39.8 Å². The van der Waals surface area contributed by atoms with Crippen LogP contribution in [0.25, 0.3) is 0 Å². The Bertz CT molecular complexity index is 334. The van der Waals surface area contributed by atoms with Gasteiger partial charge in [-0.2, -0.15) is 0 Å². The molecule has 19 heavy (non-hydrogen) atoms. The minimum atomic E-state index is -0.0342. The summed E-state index contributed by atoms with van der Waals surface area (Å²) in [5, 5.41) is 3.44. The van der Waals surface area contributed by atoms with Gasteiger partial charge in [0.25, 0.3) is 0 Å². The highest BCUT2D eigenvalue weighted by Crippen LogP contribution is 2.36. The number of hydrogen-bond donors (Lipinski definition) is 1. The number of carbonyl (C=O) groups is 1. The van der Waals surface area contributed by atoms with Crippen LogP contribution in [0.5, 0.6) is 0 Å². The molecule has 0 spiro atoms. The van der Waals surface area contributed by atoms with Crippen molar-refractivity contribution in [3.8, 4) is 0 Å². The average Bonchev–Trinajstić information content (AvgIpc) is 2.90. The van der Waals surface area contributed by atoms with Gasteiger partial charge in [0, 0.05) is 12.1 Å². The quantitative estimate of drug-likeness (QED) is 0.841. The first-order valence-electron chi connectivity index (χ1n) is 7.61. The van der Waals surface area contributed by atoms with E-state index in [9.17, 15) is 4.79 Å². The van der Waals surface area contributed by atoms with Crippen LogP contribution in [0.3, 0.4) is 0 Å². The van der Waals surface area contributed by atoms with Crippen LogP contribution in [-0.4, -0.2) is 54.1 Å². The zero-order chi connectivity index (χ0) is 14.2. The summed E-state index contributed by atoms with van der Waals surface area (Å²) in [6.07, 6.45) is 5.19. The van der Waals surface area contributed by atoms with E-state index in [1.54, 1.807) is 0 Å². The van der Waals surface area contributed by atoms with Crippen molar-refractivity contribution < 1.29 is 4.79 Å². The number of nitrogens with one attached hydrogen (secondary N) is 1. The molecule has 1 N–H and O–H groups in total. The Hall–Kier alpha value is -0.610.